The Hall–Kier alpha value is -3.42. The Bertz CT molecular complexity index is 925. The van der Waals surface area contributed by atoms with Crippen molar-refractivity contribution in [2.75, 3.05) is 18.5 Å². The fraction of sp³-hybridized carbons (Fsp3) is 0.300. The van der Waals surface area contributed by atoms with Crippen LogP contribution in [0.15, 0.2) is 36.4 Å². The molecular weight excluding hydrogens is 364 g/mol. The Morgan fingerprint density at radius 1 is 1.11 bits per heavy atom. The van der Waals surface area contributed by atoms with Crippen LogP contribution in [0, 0.1) is 17.0 Å². The molecule has 146 valence electrons. The number of carbonyl (C=O) groups is 2. The summed E-state index contributed by atoms with van der Waals surface area (Å²) in [7, 11) is 0. The van der Waals surface area contributed by atoms with Gasteiger partial charge >= 0.3 is 5.97 Å². The summed E-state index contributed by atoms with van der Waals surface area (Å²) in [5.74, 6) is -0.671. The molecule has 2 aromatic carbocycles. The number of hydrogen-bond acceptors (Lipinski definition) is 6. The van der Waals surface area contributed by atoms with Crippen LogP contribution in [0.1, 0.15) is 23.1 Å². The van der Waals surface area contributed by atoms with E-state index in [4.69, 9.17) is 9.47 Å². The number of amides is 1. The predicted octanol–water partition coefficient (Wildman–Crippen LogP) is 2.95. The number of rotatable bonds is 7. The van der Waals surface area contributed by atoms with Crippen molar-refractivity contribution in [1.29, 1.82) is 0 Å². The van der Waals surface area contributed by atoms with Crippen molar-refractivity contribution in [3.05, 3.63) is 63.2 Å². The zero-order valence-electron chi connectivity index (χ0n) is 15.4. The Morgan fingerprint density at radius 3 is 2.68 bits per heavy atom. The number of anilines is 1. The van der Waals surface area contributed by atoms with Crippen LogP contribution in [-0.4, -0.2) is 30.0 Å². The molecule has 1 amide bonds. The number of nitrogens with zero attached hydrogens (tertiary/aromatic N) is 1. The maximum atomic E-state index is 12.0. The number of ether oxygens (including phenoxy) is 2. The quantitative estimate of drug-likeness (QED) is 0.447. The minimum absolute atomic E-state index is 0.138. The van der Waals surface area contributed by atoms with Gasteiger partial charge in [0.15, 0.2) is 13.2 Å². The molecule has 28 heavy (non-hydrogen) atoms. The van der Waals surface area contributed by atoms with Gasteiger partial charge in [-0.15, -0.1) is 0 Å². The van der Waals surface area contributed by atoms with Crippen LogP contribution in [-0.2, 0) is 27.2 Å². The maximum Gasteiger partial charge on any atom is 0.344 e. The molecule has 0 saturated heterocycles. The van der Waals surface area contributed by atoms with E-state index in [2.05, 4.69) is 5.32 Å². The van der Waals surface area contributed by atoms with E-state index in [0.29, 0.717) is 17.0 Å². The van der Waals surface area contributed by atoms with Crippen molar-refractivity contribution >= 4 is 23.3 Å². The van der Waals surface area contributed by atoms with Crippen LogP contribution in [0.2, 0.25) is 0 Å². The normalized spacial score (nSPS) is 12.2. The molecule has 0 bridgehead atoms. The van der Waals surface area contributed by atoms with Crippen LogP contribution < -0.4 is 10.1 Å². The Morgan fingerprint density at radius 2 is 1.89 bits per heavy atom. The van der Waals surface area contributed by atoms with Crippen LogP contribution in [0.5, 0.6) is 5.75 Å². The number of nitro groups is 1. The number of nitro benzene ring substituents is 1. The molecule has 8 heteroatoms. The molecule has 0 saturated carbocycles. The number of esters is 1. The van der Waals surface area contributed by atoms with Gasteiger partial charge < -0.3 is 14.8 Å². The first-order chi connectivity index (χ1) is 13.4. The zero-order valence-corrected chi connectivity index (χ0v) is 15.4. The third-order valence-electron chi connectivity index (χ3n) is 4.50. The number of fused-ring (bicyclic) bond motifs is 1. The Kier molecular flexibility index (Phi) is 5.88. The lowest BCUT2D eigenvalue weighted by molar-refractivity contribution is -0.384. The first-order valence-electron chi connectivity index (χ1n) is 8.87. The third-order valence-corrected chi connectivity index (χ3v) is 4.50. The first kappa shape index (κ1) is 19.3. The van der Waals surface area contributed by atoms with E-state index >= 15 is 0 Å². The van der Waals surface area contributed by atoms with Gasteiger partial charge in [0.2, 0.25) is 0 Å². The average Bonchev–Trinajstić information content (AvgIpc) is 3.14. The molecule has 1 aliphatic rings. The molecule has 0 unspecified atom stereocenters. The highest BCUT2D eigenvalue weighted by Gasteiger charge is 2.14. The van der Waals surface area contributed by atoms with Crippen LogP contribution in [0.25, 0.3) is 0 Å². The molecule has 0 aliphatic heterocycles. The topological polar surface area (TPSA) is 108 Å². The lowest BCUT2D eigenvalue weighted by Gasteiger charge is -2.10. The van der Waals surface area contributed by atoms with Gasteiger partial charge in [0.1, 0.15) is 5.75 Å². The van der Waals surface area contributed by atoms with Gasteiger partial charge in [-0.1, -0.05) is 12.1 Å². The van der Waals surface area contributed by atoms with Gasteiger partial charge in [-0.25, -0.2) is 4.79 Å². The van der Waals surface area contributed by atoms with Crippen molar-refractivity contribution in [2.45, 2.75) is 26.2 Å². The fourth-order valence-corrected chi connectivity index (χ4v) is 3.01. The van der Waals surface area contributed by atoms with E-state index in [0.717, 1.165) is 19.3 Å². The SMILES string of the molecule is Cc1ccc([N+](=O)[O-])cc1NC(=O)COC(=O)COc1ccc2c(c1)CCC2. The van der Waals surface area contributed by atoms with Crippen LogP contribution in [0.3, 0.4) is 0 Å². The predicted molar refractivity (Wildman–Crippen MR) is 101 cm³/mol. The molecule has 0 atom stereocenters. The standard InChI is InChI=1S/C20H20N2O6/c1-13-5-7-16(22(25)26)10-18(13)21-19(23)11-28-20(24)12-27-17-8-6-14-3-2-4-15(14)9-17/h5-10H,2-4,11-12H2,1H3,(H,21,23). The number of hydrogen-bond donors (Lipinski definition) is 1. The summed E-state index contributed by atoms with van der Waals surface area (Å²) in [6.07, 6.45) is 3.20. The van der Waals surface area contributed by atoms with Crippen LogP contribution in [0.4, 0.5) is 11.4 Å². The molecule has 0 spiro atoms. The summed E-state index contributed by atoms with van der Waals surface area (Å²) >= 11 is 0. The smallest absolute Gasteiger partial charge is 0.344 e. The van der Waals surface area contributed by atoms with E-state index < -0.39 is 23.4 Å². The lowest BCUT2D eigenvalue weighted by atomic mass is 10.1. The summed E-state index contributed by atoms with van der Waals surface area (Å²) in [5, 5.41) is 13.3. The highest BCUT2D eigenvalue weighted by Crippen LogP contribution is 2.26. The molecule has 3 rings (SSSR count). The second kappa shape index (κ2) is 8.51. The second-order valence-corrected chi connectivity index (χ2v) is 6.54. The van der Waals surface area contributed by atoms with Crippen molar-refractivity contribution in [2.24, 2.45) is 0 Å². The summed E-state index contributed by atoms with van der Waals surface area (Å²) in [6, 6.07) is 9.87. The summed E-state index contributed by atoms with van der Waals surface area (Å²) in [6.45, 7) is 0.895. The fourth-order valence-electron chi connectivity index (χ4n) is 3.01. The molecule has 1 N–H and O–H groups in total. The molecule has 1 aliphatic carbocycles. The number of non-ortho nitro benzene ring substituents is 1. The highest BCUT2D eigenvalue weighted by molar-refractivity contribution is 5.93. The average molecular weight is 384 g/mol. The van der Waals surface area contributed by atoms with E-state index in [9.17, 15) is 19.7 Å². The molecule has 0 heterocycles. The molecule has 0 aromatic heterocycles. The second-order valence-electron chi connectivity index (χ2n) is 6.54. The molecule has 0 radical (unpaired) electrons. The molecular formula is C20H20N2O6. The number of aryl methyl sites for hydroxylation is 3. The summed E-state index contributed by atoms with van der Waals surface area (Å²) < 4.78 is 10.3. The van der Waals surface area contributed by atoms with Crippen molar-refractivity contribution < 1.29 is 24.0 Å². The largest absolute Gasteiger partial charge is 0.482 e. The molecule has 8 nitrogen and oxygen atoms in total. The van der Waals surface area contributed by atoms with Crippen LogP contribution >= 0.6 is 0 Å². The molecule has 2 aromatic rings. The third kappa shape index (κ3) is 4.85. The van der Waals surface area contributed by atoms with Gasteiger partial charge in [-0.3, -0.25) is 14.9 Å². The van der Waals surface area contributed by atoms with E-state index in [-0.39, 0.29) is 12.3 Å². The first-order valence-corrected chi connectivity index (χ1v) is 8.87. The van der Waals surface area contributed by atoms with Gasteiger partial charge in [-0.2, -0.15) is 0 Å². The number of nitrogens with one attached hydrogen (secondary N) is 1. The minimum Gasteiger partial charge on any atom is -0.482 e. The van der Waals surface area contributed by atoms with Gasteiger partial charge in [0.05, 0.1) is 10.6 Å². The maximum absolute atomic E-state index is 12.0. The van der Waals surface area contributed by atoms with Gasteiger partial charge in [0, 0.05) is 12.1 Å². The van der Waals surface area contributed by atoms with Crippen molar-refractivity contribution in [1.82, 2.24) is 0 Å². The summed E-state index contributed by atoms with van der Waals surface area (Å²) in [5.41, 5.74) is 3.36. The van der Waals surface area contributed by atoms with E-state index in [1.165, 1.54) is 29.3 Å². The van der Waals surface area contributed by atoms with Crippen molar-refractivity contribution in [3.63, 3.8) is 0 Å². The Balaban J connectivity index is 1.46. The Labute approximate surface area is 161 Å². The molecule has 0 fully saturated rings. The van der Waals surface area contributed by atoms with E-state index in [1.54, 1.807) is 6.92 Å². The lowest BCUT2D eigenvalue weighted by Crippen LogP contribution is -2.24. The van der Waals surface area contributed by atoms with Gasteiger partial charge in [0.25, 0.3) is 11.6 Å². The van der Waals surface area contributed by atoms with Gasteiger partial charge in [-0.05, 0) is 55.0 Å². The van der Waals surface area contributed by atoms with Crippen molar-refractivity contribution in [3.8, 4) is 5.75 Å². The minimum atomic E-state index is -0.675. The monoisotopic (exact) mass is 384 g/mol. The van der Waals surface area contributed by atoms with E-state index in [1.807, 2.05) is 18.2 Å². The number of carbonyl (C=O) groups excluding carboxylic acids is 2. The zero-order chi connectivity index (χ0) is 20.1. The number of benzene rings is 2. The highest BCUT2D eigenvalue weighted by atomic mass is 16.6. The summed E-state index contributed by atoms with van der Waals surface area (Å²) in [4.78, 5) is 34.0.